The number of hydrogen-bond acceptors (Lipinski definition) is 4. The van der Waals surface area contributed by atoms with Crippen LogP contribution in [0.3, 0.4) is 0 Å². The summed E-state index contributed by atoms with van der Waals surface area (Å²) in [6, 6.07) is -0.237. The van der Waals surface area contributed by atoms with Gasteiger partial charge in [-0.25, -0.2) is 0 Å². The van der Waals surface area contributed by atoms with E-state index in [1.165, 1.54) is 0 Å². The van der Waals surface area contributed by atoms with Crippen LogP contribution in [0.4, 0.5) is 0 Å². The monoisotopic (exact) mass is 228 g/mol. The van der Waals surface area contributed by atoms with Gasteiger partial charge in [0.1, 0.15) is 0 Å². The summed E-state index contributed by atoms with van der Waals surface area (Å²) < 4.78 is 5.28. The van der Waals surface area contributed by atoms with Gasteiger partial charge in [-0.3, -0.25) is 4.79 Å². The second kappa shape index (κ2) is 4.31. The molecule has 5 nitrogen and oxygen atoms in total. The number of rotatable bonds is 1. The summed E-state index contributed by atoms with van der Waals surface area (Å²) in [5.41, 5.74) is 5.31. The van der Waals surface area contributed by atoms with E-state index in [4.69, 9.17) is 10.5 Å². The van der Waals surface area contributed by atoms with Crippen LogP contribution < -0.4 is 5.73 Å². The third-order valence-corrected chi connectivity index (χ3v) is 3.69. The first-order valence-electron chi connectivity index (χ1n) is 5.85. The van der Waals surface area contributed by atoms with Crippen molar-refractivity contribution in [2.45, 2.75) is 31.9 Å². The molecule has 3 atom stereocenters. The smallest absolute Gasteiger partial charge is 0.232 e. The van der Waals surface area contributed by atoms with Crippen LogP contribution in [0.15, 0.2) is 0 Å². The van der Waals surface area contributed by atoms with Crippen LogP contribution in [0.1, 0.15) is 19.8 Å². The lowest BCUT2D eigenvalue weighted by Gasteiger charge is -2.36. The van der Waals surface area contributed by atoms with Gasteiger partial charge in [-0.2, -0.15) is 0 Å². The Hall–Kier alpha value is -0.650. The minimum absolute atomic E-state index is 0.0243. The summed E-state index contributed by atoms with van der Waals surface area (Å²) in [5.74, 6) is 0.0243. The number of amides is 1. The molecule has 0 aromatic carbocycles. The van der Waals surface area contributed by atoms with E-state index in [1.54, 1.807) is 4.90 Å². The van der Waals surface area contributed by atoms with E-state index in [9.17, 15) is 9.90 Å². The van der Waals surface area contributed by atoms with Gasteiger partial charge in [0.25, 0.3) is 0 Å². The molecule has 3 N–H and O–H groups in total. The normalized spacial score (nSPS) is 40.1. The van der Waals surface area contributed by atoms with Gasteiger partial charge < -0.3 is 20.5 Å². The highest BCUT2D eigenvalue weighted by Crippen LogP contribution is 2.30. The van der Waals surface area contributed by atoms with Crippen molar-refractivity contribution in [3.8, 4) is 0 Å². The number of ether oxygens (including phenoxy) is 1. The van der Waals surface area contributed by atoms with Gasteiger partial charge in [-0.1, -0.05) is 0 Å². The molecule has 5 heteroatoms. The van der Waals surface area contributed by atoms with Gasteiger partial charge in [-0.05, 0) is 19.8 Å². The van der Waals surface area contributed by atoms with Crippen LogP contribution in [0, 0.1) is 5.41 Å². The van der Waals surface area contributed by atoms with E-state index in [0.717, 1.165) is 19.4 Å². The lowest BCUT2D eigenvalue weighted by atomic mass is 9.83. The van der Waals surface area contributed by atoms with Gasteiger partial charge in [-0.15, -0.1) is 0 Å². The highest BCUT2D eigenvalue weighted by molar-refractivity contribution is 5.83. The molecule has 92 valence electrons. The Labute approximate surface area is 95.5 Å². The summed E-state index contributed by atoms with van der Waals surface area (Å²) >= 11 is 0. The summed E-state index contributed by atoms with van der Waals surface area (Å²) in [5, 5.41) is 9.56. The molecule has 1 amide bonds. The third-order valence-electron chi connectivity index (χ3n) is 3.69. The lowest BCUT2D eigenvalue weighted by Crippen LogP contribution is -2.54. The van der Waals surface area contributed by atoms with Crippen LogP contribution in [0.25, 0.3) is 0 Å². The summed E-state index contributed by atoms with van der Waals surface area (Å²) in [6.07, 6.45) is 1.25. The highest BCUT2D eigenvalue weighted by atomic mass is 16.5. The van der Waals surface area contributed by atoms with E-state index >= 15 is 0 Å². The number of carbonyl (C=O) groups excluding carboxylic acids is 1. The van der Waals surface area contributed by atoms with Gasteiger partial charge in [0.15, 0.2) is 0 Å². The number of likely N-dealkylation sites (tertiary alicyclic amines) is 1. The van der Waals surface area contributed by atoms with Crippen LogP contribution in [-0.4, -0.2) is 54.4 Å². The molecule has 2 saturated heterocycles. The highest BCUT2D eigenvalue weighted by Gasteiger charge is 2.46. The standard InChI is InChI=1S/C11H20N2O3/c1-11(7-16-6-9(11)12)10(15)13-4-2-3-8(14)5-13/h8-9,14H,2-7,12H2,1H3. The summed E-state index contributed by atoms with van der Waals surface area (Å²) in [6.45, 7) is 3.84. The quantitative estimate of drug-likeness (QED) is 0.624. The number of piperidine rings is 1. The SMILES string of the molecule is CC1(C(=O)N2CCCC(O)C2)COCC1N. The molecule has 0 aromatic rings. The number of β-amino-alcohol motifs (C(OH)–C–C–N with tert-alkyl or cyclic N) is 1. The largest absolute Gasteiger partial charge is 0.391 e. The molecule has 16 heavy (non-hydrogen) atoms. The molecule has 0 bridgehead atoms. The molecule has 0 saturated carbocycles. The zero-order chi connectivity index (χ0) is 11.8. The van der Waals surface area contributed by atoms with Crippen LogP contribution in [0.2, 0.25) is 0 Å². The number of aliphatic hydroxyl groups excluding tert-OH is 1. The van der Waals surface area contributed by atoms with Gasteiger partial charge in [0.2, 0.25) is 5.91 Å². The first-order valence-corrected chi connectivity index (χ1v) is 5.85. The van der Waals surface area contributed by atoms with Gasteiger partial charge >= 0.3 is 0 Å². The maximum Gasteiger partial charge on any atom is 0.232 e. The lowest BCUT2D eigenvalue weighted by molar-refractivity contribution is -0.144. The molecule has 2 fully saturated rings. The van der Waals surface area contributed by atoms with Crippen molar-refractivity contribution in [2.75, 3.05) is 26.3 Å². The predicted molar refractivity (Wildman–Crippen MR) is 58.7 cm³/mol. The van der Waals surface area contributed by atoms with E-state index in [2.05, 4.69) is 0 Å². The van der Waals surface area contributed by atoms with E-state index in [1.807, 2.05) is 6.92 Å². The average molecular weight is 228 g/mol. The van der Waals surface area contributed by atoms with Gasteiger partial charge in [0, 0.05) is 19.1 Å². The molecule has 0 aromatic heterocycles. The van der Waals surface area contributed by atoms with Crippen molar-refractivity contribution in [2.24, 2.45) is 11.1 Å². The Morgan fingerprint density at radius 2 is 2.38 bits per heavy atom. The van der Waals surface area contributed by atoms with Crippen molar-refractivity contribution in [1.82, 2.24) is 4.90 Å². The zero-order valence-electron chi connectivity index (χ0n) is 9.69. The fraction of sp³-hybridized carbons (Fsp3) is 0.909. The molecular formula is C11H20N2O3. The van der Waals surface area contributed by atoms with Crippen molar-refractivity contribution >= 4 is 5.91 Å². The zero-order valence-corrected chi connectivity index (χ0v) is 9.69. The fourth-order valence-electron chi connectivity index (χ4n) is 2.41. The van der Waals surface area contributed by atoms with Crippen LogP contribution >= 0.6 is 0 Å². The first-order chi connectivity index (χ1) is 7.54. The second-order valence-corrected chi connectivity index (χ2v) is 5.09. The van der Waals surface area contributed by atoms with E-state index in [-0.39, 0.29) is 18.1 Å². The minimum atomic E-state index is -0.614. The number of carbonyl (C=O) groups is 1. The van der Waals surface area contributed by atoms with Crippen molar-refractivity contribution < 1.29 is 14.6 Å². The number of nitrogens with two attached hydrogens (primary N) is 1. The number of nitrogens with zero attached hydrogens (tertiary/aromatic N) is 1. The Morgan fingerprint density at radius 1 is 1.62 bits per heavy atom. The molecule has 2 aliphatic heterocycles. The topological polar surface area (TPSA) is 75.8 Å². The Balaban J connectivity index is 2.06. The maximum absolute atomic E-state index is 12.3. The predicted octanol–water partition coefficient (Wildman–Crippen LogP) is -0.666. The second-order valence-electron chi connectivity index (χ2n) is 5.09. The molecule has 2 aliphatic rings. The van der Waals surface area contributed by atoms with Crippen LogP contribution in [0.5, 0.6) is 0 Å². The molecular weight excluding hydrogens is 208 g/mol. The molecule has 2 rings (SSSR count). The molecule has 3 unspecified atom stereocenters. The third kappa shape index (κ3) is 1.95. The Kier molecular flexibility index (Phi) is 3.19. The average Bonchev–Trinajstić information content (AvgIpc) is 2.59. The first kappa shape index (κ1) is 11.8. The minimum Gasteiger partial charge on any atom is -0.391 e. The summed E-state index contributed by atoms with van der Waals surface area (Å²) in [7, 11) is 0. The van der Waals surface area contributed by atoms with Crippen molar-refractivity contribution in [1.29, 1.82) is 0 Å². The van der Waals surface area contributed by atoms with Crippen molar-refractivity contribution in [3.63, 3.8) is 0 Å². The summed E-state index contributed by atoms with van der Waals surface area (Å²) in [4.78, 5) is 14.1. The van der Waals surface area contributed by atoms with E-state index < -0.39 is 5.41 Å². The fourth-order valence-corrected chi connectivity index (χ4v) is 2.41. The molecule has 2 heterocycles. The van der Waals surface area contributed by atoms with Crippen molar-refractivity contribution in [3.05, 3.63) is 0 Å². The maximum atomic E-state index is 12.3. The van der Waals surface area contributed by atoms with Gasteiger partial charge in [0.05, 0.1) is 24.7 Å². The molecule has 0 spiro atoms. The van der Waals surface area contributed by atoms with Crippen LogP contribution in [-0.2, 0) is 9.53 Å². The number of hydrogen-bond donors (Lipinski definition) is 2. The molecule has 0 aliphatic carbocycles. The Bertz CT molecular complexity index is 284. The molecule has 0 radical (unpaired) electrons. The van der Waals surface area contributed by atoms with E-state index in [0.29, 0.717) is 19.8 Å². The Morgan fingerprint density at radius 3 is 2.94 bits per heavy atom. The number of aliphatic hydroxyl groups is 1.